The number of ether oxygens (including phenoxy) is 2. The first-order chi connectivity index (χ1) is 20.5. The number of thioether (sulfide) groups is 1. The van der Waals surface area contributed by atoms with E-state index in [1.807, 2.05) is 88.0 Å². The maximum absolute atomic E-state index is 13.2. The number of hydrogen-bond acceptors (Lipinski definition) is 7. The number of para-hydroxylation sites is 2. The van der Waals surface area contributed by atoms with Gasteiger partial charge in [0.15, 0.2) is 11.0 Å². The van der Waals surface area contributed by atoms with Gasteiger partial charge >= 0.3 is 0 Å². The van der Waals surface area contributed by atoms with Crippen LogP contribution in [0.5, 0.6) is 11.5 Å². The number of carbonyl (C=O) groups is 2. The SMILES string of the molecule is COc1cccc(-c2nnc(SCCCC(=O)N3CCN(C(=O)c4ccccc4OC)C(C)C3)n2-c2ccccc2)c1. The number of nitrogens with zero attached hydrogens (tertiary/aromatic N) is 5. The van der Waals surface area contributed by atoms with Gasteiger partial charge in [-0.2, -0.15) is 0 Å². The molecule has 0 bridgehead atoms. The van der Waals surface area contributed by atoms with Crippen molar-refractivity contribution in [3.05, 3.63) is 84.4 Å². The second-order valence-electron chi connectivity index (χ2n) is 10.0. The summed E-state index contributed by atoms with van der Waals surface area (Å²) in [5.41, 5.74) is 2.42. The van der Waals surface area contributed by atoms with Crippen LogP contribution in [0.4, 0.5) is 0 Å². The Kier molecular flexibility index (Phi) is 9.43. The Hall–Kier alpha value is -4.31. The van der Waals surface area contributed by atoms with Gasteiger partial charge in [-0.3, -0.25) is 14.2 Å². The van der Waals surface area contributed by atoms with Crippen LogP contribution in [-0.2, 0) is 4.79 Å². The van der Waals surface area contributed by atoms with E-state index in [0.29, 0.717) is 43.8 Å². The molecule has 1 aromatic heterocycles. The van der Waals surface area contributed by atoms with Crippen molar-refractivity contribution < 1.29 is 19.1 Å². The number of benzene rings is 3. The van der Waals surface area contributed by atoms with E-state index in [0.717, 1.165) is 33.7 Å². The molecule has 1 saturated heterocycles. The number of methoxy groups -OCH3 is 2. The van der Waals surface area contributed by atoms with Crippen molar-refractivity contribution in [2.45, 2.75) is 31.0 Å². The summed E-state index contributed by atoms with van der Waals surface area (Å²) in [5.74, 6) is 2.80. The molecule has 2 amide bonds. The van der Waals surface area contributed by atoms with Crippen LogP contribution in [0.1, 0.15) is 30.1 Å². The van der Waals surface area contributed by atoms with Crippen LogP contribution < -0.4 is 9.47 Å². The summed E-state index contributed by atoms with van der Waals surface area (Å²) in [4.78, 5) is 30.0. The predicted octanol–water partition coefficient (Wildman–Crippen LogP) is 5.20. The summed E-state index contributed by atoms with van der Waals surface area (Å²) >= 11 is 1.58. The van der Waals surface area contributed by atoms with E-state index in [4.69, 9.17) is 9.47 Å². The van der Waals surface area contributed by atoms with Crippen LogP contribution in [0.2, 0.25) is 0 Å². The van der Waals surface area contributed by atoms with E-state index in [1.54, 1.807) is 38.1 Å². The quantitative estimate of drug-likeness (QED) is 0.187. The van der Waals surface area contributed by atoms with E-state index in [2.05, 4.69) is 10.2 Å². The molecule has 2 heterocycles. The number of hydrogen-bond donors (Lipinski definition) is 0. The molecule has 0 radical (unpaired) electrons. The maximum atomic E-state index is 13.2. The Labute approximate surface area is 250 Å². The van der Waals surface area contributed by atoms with Crippen LogP contribution in [0, 0.1) is 0 Å². The van der Waals surface area contributed by atoms with Gasteiger partial charge in [-0.25, -0.2) is 0 Å². The lowest BCUT2D eigenvalue weighted by molar-refractivity contribution is -0.133. The van der Waals surface area contributed by atoms with Crippen molar-refractivity contribution in [1.29, 1.82) is 0 Å². The van der Waals surface area contributed by atoms with Crippen LogP contribution in [0.3, 0.4) is 0 Å². The fraction of sp³-hybridized carbons (Fsp3) is 0.312. The summed E-state index contributed by atoms with van der Waals surface area (Å²) < 4.78 is 12.8. The molecule has 1 atom stereocenters. The first kappa shape index (κ1) is 29.2. The third-order valence-corrected chi connectivity index (χ3v) is 8.34. The molecular weight excluding hydrogens is 550 g/mol. The molecule has 42 heavy (non-hydrogen) atoms. The molecule has 1 aliphatic heterocycles. The second kappa shape index (κ2) is 13.6. The summed E-state index contributed by atoms with van der Waals surface area (Å²) in [6, 6.07) is 24.9. The lowest BCUT2D eigenvalue weighted by atomic mass is 10.1. The molecule has 10 heteroatoms. The lowest BCUT2D eigenvalue weighted by Gasteiger charge is -2.40. The Morgan fingerprint density at radius 2 is 1.71 bits per heavy atom. The second-order valence-corrected chi connectivity index (χ2v) is 11.1. The largest absolute Gasteiger partial charge is 0.497 e. The molecule has 1 aliphatic rings. The molecule has 3 aromatic carbocycles. The lowest BCUT2D eigenvalue weighted by Crippen LogP contribution is -2.55. The zero-order chi connectivity index (χ0) is 29.5. The van der Waals surface area contributed by atoms with Crippen LogP contribution in [0.25, 0.3) is 17.1 Å². The molecule has 4 aromatic rings. The highest BCUT2D eigenvalue weighted by Gasteiger charge is 2.31. The van der Waals surface area contributed by atoms with Crippen molar-refractivity contribution in [2.75, 3.05) is 39.6 Å². The molecule has 0 spiro atoms. The maximum Gasteiger partial charge on any atom is 0.257 e. The molecule has 1 fully saturated rings. The zero-order valence-corrected chi connectivity index (χ0v) is 24.9. The monoisotopic (exact) mass is 585 g/mol. The molecule has 5 rings (SSSR count). The number of carbonyl (C=O) groups excluding carboxylic acids is 2. The molecule has 0 aliphatic carbocycles. The van der Waals surface area contributed by atoms with Gasteiger partial charge in [-0.1, -0.05) is 54.2 Å². The molecule has 1 unspecified atom stereocenters. The van der Waals surface area contributed by atoms with E-state index in [9.17, 15) is 9.59 Å². The van der Waals surface area contributed by atoms with Gasteiger partial charge in [0.05, 0.1) is 19.8 Å². The van der Waals surface area contributed by atoms with Gasteiger partial charge in [0.25, 0.3) is 5.91 Å². The highest BCUT2D eigenvalue weighted by molar-refractivity contribution is 7.99. The first-order valence-corrected chi connectivity index (χ1v) is 15.0. The highest BCUT2D eigenvalue weighted by Crippen LogP contribution is 2.30. The number of piperazine rings is 1. The third-order valence-electron chi connectivity index (χ3n) is 7.32. The van der Waals surface area contributed by atoms with Gasteiger partial charge < -0.3 is 19.3 Å². The fourth-order valence-electron chi connectivity index (χ4n) is 5.13. The molecule has 218 valence electrons. The smallest absolute Gasteiger partial charge is 0.257 e. The van der Waals surface area contributed by atoms with Crippen LogP contribution >= 0.6 is 11.8 Å². The van der Waals surface area contributed by atoms with Gasteiger partial charge in [0.2, 0.25) is 5.91 Å². The number of amides is 2. The summed E-state index contributed by atoms with van der Waals surface area (Å²) in [6.45, 7) is 3.51. The third kappa shape index (κ3) is 6.44. The van der Waals surface area contributed by atoms with Crippen molar-refractivity contribution in [2.24, 2.45) is 0 Å². The minimum atomic E-state index is -0.0889. The van der Waals surface area contributed by atoms with E-state index in [-0.39, 0.29) is 17.9 Å². The van der Waals surface area contributed by atoms with Gasteiger partial charge in [-0.15, -0.1) is 10.2 Å². The van der Waals surface area contributed by atoms with E-state index < -0.39 is 0 Å². The van der Waals surface area contributed by atoms with Gasteiger partial charge in [0, 0.05) is 49.1 Å². The topological polar surface area (TPSA) is 89.8 Å². The van der Waals surface area contributed by atoms with E-state index >= 15 is 0 Å². The number of aromatic nitrogens is 3. The Morgan fingerprint density at radius 1 is 0.929 bits per heavy atom. The first-order valence-electron chi connectivity index (χ1n) is 14.0. The van der Waals surface area contributed by atoms with Crippen molar-refractivity contribution in [3.8, 4) is 28.6 Å². The molecular formula is C32H35N5O4S. The number of rotatable bonds is 10. The zero-order valence-electron chi connectivity index (χ0n) is 24.1. The average molecular weight is 586 g/mol. The molecule has 0 N–H and O–H groups in total. The molecule has 9 nitrogen and oxygen atoms in total. The average Bonchev–Trinajstić information content (AvgIpc) is 3.47. The van der Waals surface area contributed by atoms with Crippen LogP contribution in [-0.4, -0.2) is 82.0 Å². The van der Waals surface area contributed by atoms with E-state index in [1.165, 1.54) is 0 Å². The van der Waals surface area contributed by atoms with Gasteiger partial charge in [0.1, 0.15) is 11.5 Å². The Bertz CT molecular complexity index is 1530. The minimum Gasteiger partial charge on any atom is -0.497 e. The Morgan fingerprint density at radius 3 is 2.48 bits per heavy atom. The van der Waals surface area contributed by atoms with Crippen molar-refractivity contribution >= 4 is 23.6 Å². The predicted molar refractivity (Wildman–Crippen MR) is 163 cm³/mol. The van der Waals surface area contributed by atoms with Crippen molar-refractivity contribution in [1.82, 2.24) is 24.6 Å². The normalized spacial score (nSPS) is 15.0. The van der Waals surface area contributed by atoms with Gasteiger partial charge in [-0.05, 0) is 49.7 Å². The minimum absolute atomic E-state index is 0.0701. The Balaban J connectivity index is 1.18. The standard InChI is InChI=1S/C32H35N5O4S/c1-23-22-35(18-19-36(23)31(39)27-15-7-8-16-28(27)41-3)29(38)17-10-20-42-32-34-33-30(24-11-9-14-26(21-24)40-2)37(32)25-12-5-4-6-13-25/h4-9,11-16,21,23H,10,17-20,22H2,1-3H3. The fourth-order valence-corrected chi connectivity index (χ4v) is 6.02. The highest BCUT2D eigenvalue weighted by atomic mass is 32.2. The van der Waals surface area contributed by atoms with Crippen molar-refractivity contribution in [3.63, 3.8) is 0 Å². The van der Waals surface area contributed by atoms with Crippen LogP contribution in [0.15, 0.2) is 84.0 Å². The summed E-state index contributed by atoms with van der Waals surface area (Å²) in [6.07, 6.45) is 1.14. The molecule has 0 saturated carbocycles. The summed E-state index contributed by atoms with van der Waals surface area (Å²) in [7, 11) is 3.21. The summed E-state index contributed by atoms with van der Waals surface area (Å²) in [5, 5.41) is 9.77.